The molecule has 1 aromatic carbocycles. The Morgan fingerprint density at radius 2 is 1.72 bits per heavy atom. The molecule has 25 heavy (non-hydrogen) atoms. The monoisotopic (exact) mass is 363 g/mol. The number of carbonyl (C=O) groups is 2. The van der Waals surface area contributed by atoms with E-state index in [0.717, 1.165) is 5.20 Å². The summed E-state index contributed by atoms with van der Waals surface area (Å²) < 4.78 is 5.19. The van der Waals surface area contributed by atoms with Crippen LogP contribution in [0, 0.1) is 5.92 Å². The summed E-state index contributed by atoms with van der Waals surface area (Å²) in [6.07, 6.45) is -0.737. The second-order valence-electron chi connectivity index (χ2n) is 7.77. The van der Waals surface area contributed by atoms with E-state index >= 15 is 0 Å². The first-order valence-electron chi connectivity index (χ1n) is 8.33. The number of ether oxygens (including phenoxy) is 1. The van der Waals surface area contributed by atoms with Crippen LogP contribution in [0.2, 0.25) is 13.1 Å². The molecule has 0 radical (unpaired) electrons. The molecule has 1 amide bonds. The van der Waals surface area contributed by atoms with E-state index in [0.29, 0.717) is 0 Å². The van der Waals surface area contributed by atoms with Crippen molar-refractivity contribution in [1.29, 1.82) is 0 Å². The van der Waals surface area contributed by atoms with Crippen molar-refractivity contribution in [3.05, 3.63) is 42.1 Å². The number of alkyl carbamates (subject to hydrolysis) is 1. The zero-order chi connectivity index (χ0) is 19.4. The number of benzene rings is 1. The Morgan fingerprint density at radius 3 is 2.16 bits per heavy atom. The van der Waals surface area contributed by atoms with E-state index in [2.05, 4.69) is 25.0 Å². The van der Waals surface area contributed by atoms with Gasteiger partial charge in [0.05, 0.1) is 0 Å². The van der Waals surface area contributed by atoms with E-state index < -0.39 is 37.7 Å². The van der Waals surface area contributed by atoms with E-state index in [9.17, 15) is 14.7 Å². The fourth-order valence-electron chi connectivity index (χ4n) is 2.65. The first-order valence-corrected chi connectivity index (χ1v) is 11.3. The van der Waals surface area contributed by atoms with Gasteiger partial charge in [0.25, 0.3) is 0 Å². The highest BCUT2D eigenvalue weighted by atomic mass is 28.3. The molecule has 2 N–H and O–H groups in total. The lowest BCUT2D eigenvalue weighted by molar-refractivity contribution is -0.140. The Labute approximate surface area is 151 Å². The zero-order valence-corrected chi connectivity index (χ0v) is 16.9. The van der Waals surface area contributed by atoms with Crippen molar-refractivity contribution in [3.8, 4) is 0 Å². The maximum atomic E-state index is 12.0. The van der Waals surface area contributed by atoms with Gasteiger partial charge in [-0.15, -0.1) is 6.58 Å². The number of carboxylic acids is 1. The molecule has 6 heteroatoms. The summed E-state index contributed by atoms with van der Waals surface area (Å²) in [7, 11) is -2.10. The number of carbonyl (C=O) groups excluding carboxylic acids is 1. The maximum Gasteiger partial charge on any atom is 0.408 e. The van der Waals surface area contributed by atoms with E-state index in [1.165, 1.54) is 5.19 Å². The predicted molar refractivity (Wildman–Crippen MR) is 103 cm³/mol. The molecule has 2 atom stereocenters. The van der Waals surface area contributed by atoms with Gasteiger partial charge in [0, 0.05) is 5.92 Å². The van der Waals surface area contributed by atoms with Crippen LogP contribution >= 0.6 is 0 Å². The first-order chi connectivity index (χ1) is 11.4. The standard InChI is InChI=1S/C19H29NO4Si/c1-13(14(2)25(6,7)15-11-9-8-10-12-15)16(17(21)22)20-18(23)24-19(3,4)5/h8-13,16H,2H2,1,3-7H3,(H,20,23)(H,21,22)/t13-,16-/m0/s1. The van der Waals surface area contributed by atoms with E-state index in [-0.39, 0.29) is 0 Å². The molecule has 138 valence electrons. The highest BCUT2D eigenvalue weighted by Crippen LogP contribution is 2.24. The molecular weight excluding hydrogens is 334 g/mol. The fraction of sp³-hybridized carbons (Fsp3) is 0.474. The number of carboxylic acid groups (broad SMARTS) is 1. The quantitative estimate of drug-likeness (QED) is 0.760. The molecule has 5 nitrogen and oxygen atoms in total. The van der Waals surface area contributed by atoms with Gasteiger partial charge in [0.2, 0.25) is 0 Å². The molecule has 0 heterocycles. The van der Waals surface area contributed by atoms with Crippen LogP contribution in [0.4, 0.5) is 4.79 Å². The SMILES string of the molecule is C=C([C@H](C)[C@H](NC(=O)OC(C)(C)C)C(=O)O)[Si](C)(C)c1ccccc1. The molecule has 1 aromatic rings. The highest BCUT2D eigenvalue weighted by Gasteiger charge is 2.37. The van der Waals surface area contributed by atoms with Crippen molar-refractivity contribution in [3.63, 3.8) is 0 Å². The van der Waals surface area contributed by atoms with Crippen LogP contribution in [0.3, 0.4) is 0 Å². The average Bonchev–Trinajstić information content (AvgIpc) is 2.50. The lowest BCUT2D eigenvalue weighted by Gasteiger charge is -2.33. The minimum atomic E-state index is -2.10. The summed E-state index contributed by atoms with van der Waals surface area (Å²) in [6.45, 7) is 15.4. The van der Waals surface area contributed by atoms with E-state index in [1.54, 1.807) is 27.7 Å². The van der Waals surface area contributed by atoms with Crippen LogP contribution in [0.25, 0.3) is 0 Å². The number of nitrogens with one attached hydrogen (secondary N) is 1. The van der Waals surface area contributed by atoms with Gasteiger partial charge >= 0.3 is 12.1 Å². The minimum absolute atomic E-state index is 0.424. The lowest BCUT2D eigenvalue weighted by atomic mass is 10.0. The Balaban J connectivity index is 2.99. The third-order valence-electron chi connectivity index (χ3n) is 4.29. The number of aliphatic carboxylic acids is 1. The van der Waals surface area contributed by atoms with Crippen LogP contribution in [0.15, 0.2) is 42.1 Å². The second-order valence-corrected chi connectivity index (χ2v) is 12.2. The number of rotatable bonds is 6. The summed E-state index contributed by atoms with van der Waals surface area (Å²) in [6, 6.07) is 8.88. The van der Waals surface area contributed by atoms with Crippen LogP contribution in [-0.4, -0.2) is 36.9 Å². The Morgan fingerprint density at radius 1 is 1.20 bits per heavy atom. The van der Waals surface area contributed by atoms with Crippen molar-refractivity contribution >= 4 is 25.3 Å². The summed E-state index contributed by atoms with van der Waals surface area (Å²) in [5, 5.41) is 14.1. The minimum Gasteiger partial charge on any atom is -0.480 e. The normalized spacial score (nSPS) is 14.3. The molecule has 0 aliphatic heterocycles. The number of hydrogen-bond donors (Lipinski definition) is 2. The van der Waals surface area contributed by atoms with Crippen LogP contribution < -0.4 is 10.5 Å². The van der Waals surface area contributed by atoms with Crippen molar-refractivity contribution in [2.24, 2.45) is 5.92 Å². The summed E-state index contributed by atoms with van der Waals surface area (Å²) >= 11 is 0. The smallest absolute Gasteiger partial charge is 0.408 e. The van der Waals surface area contributed by atoms with Gasteiger partial charge in [0.1, 0.15) is 19.7 Å². The van der Waals surface area contributed by atoms with Gasteiger partial charge in [0.15, 0.2) is 0 Å². The summed E-state index contributed by atoms with van der Waals surface area (Å²) in [5.41, 5.74) is -0.689. The van der Waals surface area contributed by atoms with E-state index in [1.807, 2.05) is 30.3 Å². The van der Waals surface area contributed by atoms with Crippen LogP contribution in [0.1, 0.15) is 27.7 Å². The molecule has 0 aliphatic rings. The van der Waals surface area contributed by atoms with Gasteiger partial charge in [-0.1, -0.05) is 60.7 Å². The molecule has 0 aliphatic carbocycles. The first kappa shape index (κ1) is 21.0. The average molecular weight is 364 g/mol. The predicted octanol–water partition coefficient (Wildman–Crippen LogP) is 3.31. The third-order valence-corrected chi connectivity index (χ3v) is 8.12. The van der Waals surface area contributed by atoms with Crippen LogP contribution in [-0.2, 0) is 9.53 Å². The maximum absolute atomic E-state index is 12.0. The van der Waals surface area contributed by atoms with Gasteiger partial charge in [-0.2, -0.15) is 0 Å². The Bertz CT molecular complexity index is 635. The molecule has 0 fully saturated rings. The van der Waals surface area contributed by atoms with Gasteiger partial charge in [-0.05, 0) is 20.8 Å². The van der Waals surface area contributed by atoms with E-state index in [4.69, 9.17) is 4.74 Å². The van der Waals surface area contributed by atoms with Gasteiger partial charge in [-0.25, -0.2) is 9.59 Å². The number of hydrogen-bond acceptors (Lipinski definition) is 3. The summed E-state index contributed by atoms with van der Waals surface area (Å²) in [4.78, 5) is 23.7. The number of amides is 1. The molecule has 0 saturated carbocycles. The molecular formula is C19H29NO4Si. The molecule has 0 spiro atoms. The molecule has 0 unspecified atom stereocenters. The molecule has 0 aromatic heterocycles. The molecule has 1 rings (SSSR count). The third kappa shape index (κ3) is 5.74. The van der Waals surface area contributed by atoms with Gasteiger partial charge in [-0.3, -0.25) is 0 Å². The molecule has 0 bridgehead atoms. The van der Waals surface area contributed by atoms with Gasteiger partial charge < -0.3 is 15.2 Å². The van der Waals surface area contributed by atoms with Crippen molar-refractivity contribution in [2.45, 2.75) is 52.4 Å². The summed E-state index contributed by atoms with van der Waals surface area (Å²) in [5.74, 6) is -1.52. The van der Waals surface area contributed by atoms with Crippen molar-refractivity contribution in [1.82, 2.24) is 5.32 Å². The van der Waals surface area contributed by atoms with Crippen molar-refractivity contribution in [2.75, 3.05) is 0 Å². The highest BCUT2D eigenvalue weighted by molar-refractivity contribution is 6.95. The fourth-order valence-corrected chi connectivity index (χ4v) is 5.35. The zero-order valence-electron chi connectivity index (χ0n) is 15.9. The second kappa shape index (κ2) is 7.87. The largest absolute Gasteiger partial charge is 0.480 e. The topological polar surface area (TPSA) is 75.6 Å². The molecule has 0 saturated heterocycles. The Hall–Kier alpha value is -2.08. The Kier molecular flexibility index (Phi) is 6.59. The van der Waals surface area contributed by atoms with Crippen molar-refractivity contribution < 1.29 is 19.4 Å². The van der Waals surface area contributed by atoms with Crippen LogP contribution in [0.5, 0.6) is 0 Å². The lowest BCUT2D eigenvalue weighted by Crippen LogP contribution is -2.52.